The Morgan fingerprint density at radius 3 is 2.64 bits per heavy atom. The Labute approximate surface area is 96.3 Å². The summed E-state index contributed by atoms with van der Waals surface area (Å²) in [4.78, 5) is 1.01. The lowest BCUT2D eigenvalue weighted by molar-refractivity contribution is 0.515. The van der Waals surface area contributed by atoms with Gasteiger partial charge in [0.1, 0.15) is 11.1 Å². The van der Waals surface area contributed by atoms with Crippen molar-refractivity contribution in [2.24, 2.45) is 0 Å². The summed E-state index contributed by atoms with van der Waals surface area (Å²) >= 11 is 13.6. The zero-order chi connectivity index (χ0) is 10.1. The lowest BCUT2D eigenvalue weighted by Crippen LogP contribution is -1.89. The fourth-order valence-corrected chi connectivity index (χ4v) is 2.71. The predicted octanol–water partition coefficient (Wildman–Crippen LogP) is 4.63. The van der Waals surface area contributed by atoms with E-state index in [9.17, 15) is 0 Å². The molecule has 14 heavy (non-hydrogen) atoms. The molecule has 0 saturated heterocycles. The lowest BCUT2D eigenvalue weighted by atomic mass is 10.2. The molecule has 0 bridgehead atoms. The van der Waals surface area contributed by atoms with Crippen molar-refractivity contribution in [1.29, 1.82) is 0 Å². The number of halogens is 2. The van der Waals surface area contributed by atoms with E-state index >= 15 is 0 Å². The smallest absolute Gasteiger partial charge is 0.129 e. The number of hydrogen-bond acceptors (Lipinski definition) is 2. The van der Waals surface area contributed by atoms with Crippen LogP contribution in [0.4, 0.5) is 0 Å². The molecule has 2 heterocycles. The second kappa shape index (κ2) is 3.97. The minimum absolute atomic E-state index is 0.234. The molecular formula is C10H8Cl2OS. The van der Waals surface area contributed by atoms with Gasteiger partial charge in [0.2, 0.25) is 0 Å². The Hall–Kier alpha value is -0.440. The average Bonchev–Trinajstić information content (AvgIpc) is 2.73. The number of furan rings is 1. The molecule has 2 rings (SSSR count). The maximum absolute atomic E-state index is 6.25. The van der Waals surface area contributed by atoms with Gasteiger partial charge in [-0.15, -0.1) is 22.9 Å². The van der Waals surface area contributed by atoms with Gasteiger partial charge in [-0.2, -0.15) is 0 Å². The second-order valence-electron chi connectivity index (χ2n) is 2.97. The Bertz CT molecular complexity index is 433. The van der Waals surface area contributed by atoms with Crippen molar-refractivity contribution in [3.05, 3.63) is 45.0 Å². The van der Waals surface area contributed by atoms with Crippen molar-refractivity contribution in [1.82, 2.24) is 0 Å². The quantitative estimate of drug-likeness (QED) is 0.705. The van der Waals surface area contributed by atoms with E-state index < -0.39 is 0 Å². The molecule has 4 heteroatoms. The first-order chi connectivity index (χ1) is 6.68. The standard InChI is InChI=1S/C10H8Cl2OS/c1-6-4-5-13-10(6)9(12)7-2-3-8(11)14-7/h2-5,9H,1H3. The molecule has 0 aliphatic carbocycles. The summed E-state index contributed by atoms with van der Waals surface area (Å²) in [7, 11) is 0. The lowest BCUT2D eigenvalue weighted by Gasteiger charge is -2.04. The highest BCUT2D eigenvalue weighted by Gasteiger charge is 2.17. The maximum atomic E-state index is 6.25. The highest BCUT2D eigenvalue weighted by atomic mass is 35.5. The summed E-state index contributed by atoms with van der Waals surface area (Å²) in [6, 6.07) is 5.67. The van der Waals surface area contributed by atoms with Crippen molar-refractivity contribution < 1.29 is 4.42 Å². The minimum Gasteiger partial charge on any atom is -0.467 e. The molecule has 1 unspecified atom stereocenters. The first kappa shape index (κ1) is 10.1. The van der Waals surface area contributed by atoms with E-state index in [2.05, 4.69) is 0 Å². The highest BCUT2D eigenvalue weighted by molar-refractivity contribution is 7.16. The molecule has 0 amide bonds. The molecular weight excluding hydrogens is 239 g/mol. The van der Waals surface area contributed by atoms with E-state index in [0.29, 0.717) is 0 Å². The molecule has 0 spiro atoms. The van der Waals surface area contributed by atoms with Gasteiger partial charge in [0.25, 0.3) is 0 Å². The van der Waals surface area contributed by atoms with Crippen molar-refractivity contribution >= 4 is 34.5 Å². The fraction of sp³-hybridized carbons (Fsp3) is 0.200. The molecule has 0 saturated carbocycles. The summed E-state index contributed by atoms with van der Waals surface area (Å²) in [5.41, 5.74) is 1.06. The monoisotopic (exact) mass is 246 g/mol. The molecule has 0 aliphatic heterocycles. The minimum atomic E-state index is -0.234. The first-order valence-electron chi connectivity index (χ1n) is 4.12. The first-order valence-corrected chi connectivity index (χ1v) is 5.75. The second-order valence-corrected chi connectivity index (χ2v) is 5.16. The van der Waals surface area contributed by atoms with Crippen LogP contribution in [-0.4, -0.2) is 0 Å². The van der Waals surface area contributed by atoms with Crippen molar-refractivity contribution in [2.75, 3.05) is 0 Å². The van der Waals surface area contributed by atoms with Crippen LogP contribution in [0.15, 0.2) is 28.9 Å². The average molecular weight is 247 g/mol. The van der Waals surface area contributed by atoms with Crippen molar-refractivity contribution in [2.45, 2.75) is 12.3 Å². The van der Waals surface area contributed by atoms with E-state index in [0.717, 1.165) is 20.5 Å². The molecule has 0 aromatic carbocycles. The number of aryl methyl sites for hydroxylation is 1. The third-order valence-electron chi connectivity index (χ3n) is 1.98. The van der Waals surface area contributed by atoms with Gasteiger partial charge in [0, 0.05) is 4.88 Å². The van der Waals surface area contributed by atoms with Gasteiger partial charge in [0.05, 0.1) is 10.6 Å². The van der Waals surface area contributed by atoms with Gasteiger partial charge < -0.3 is 4.42 Å². The van der Waals surface area contributed by atoms with Crippen LogP contribution in [0.1, 0.15) is 21.6 Å². The van der Waals surface area contributed by atoms with Crippen molar-refractivity contribution in [3.8, 4) is 0 Å². The van der Waals surface area contributed by atoms with E-state index in [1.165, 1.54) is 11.3 Å². The third kappa shape index (κ3) is 1.83. The Morgan fingerprint density at radius 2 is 2.14 bits per heavy atom. The normalized spacial score (nSPS) is 13.1. The predicted molar refractivity (Wildman–Crippen MR) is 60.5 cm³/mol. The molecule has 2 aromatic rings. The van der Waals surface area contributed by atoms with Gasteiger partial charge in [-0.3, -0.25) is 0 Å². The van der Waals surface area contributed by atoms with Crippen molar-refractivity contribution in [3.63, 3.8) is 0 Å². The SMILES string of the molecule is Cc1ccoc1C(Cl)c1ccc(Cl)s1. The van der Waals surface area contributed by atoms with Crippen LogP contribution in [0.2, 0.25) is 4.34 Å². The van der Waals surface area contributed by atoms with Crippen LogP contribution in [-0.2, 0) is 0 Å². The van der Waals surface area contributed by atoms with Crippen LogP contribution in [0.5, 0.6) is 0 Å². The fourth-order valence-electron chi connectivity index (χ4n) is 1.24. The molecule has 1 nitrogen and oxygen atoms in total. The Morgan fingerprint density at radius 1 is 1.36 bits per heavy atom. The summed E-state index contributed by atoms with van der Waals surface area (Å²) in [5.74, 6) is 0.796. The zero-order valence-electron chi connectivity index (χ0n) is 7.46. The molecule has 0 radical (unpaired) electrons. The van der Waals surface area contributed by atoms with Gasteiger partial charge in [0.15, 0.2) is 0 Å². The summed E-state index contributed by atoms with van der Waals surface area (Å²) in [6.45, 7) is 1.98. The number of rotatable bonds is 2. The summed E-state index contributed by atoms with van der Waals surface area (Å²) in [6.07, 6.45) is 1.65. The van der Waals surface area contributed by atoms with E-state index in [4.69, 9.17) is 27.6 Å². The summed E-state index contributed by atoms with van der Waals surface area (Å²) in [5, 5.41) is -0.234. The zero-order valence-corrected chi connectivity index (χ0v) is 9.79. The molecule has 1 atom stereocenters. The highest BCUT2D eigenvalue weighted by Crippen LogP contribution is 2.36. The molecule has 74 valence electrons. The van der Waals surface area contributed by atoms with Crippen LogP contribution in [0.3, 0.4) is 0 Å². The van der Waals surface area contributed by atoms with Crippen LogP contribution in [0, 0.1) is 6.92 Å². The number of alkyl halides is 1. The largest absolute Gasteiger partial charge is 0.467 e. The summed E-state index contributed by atoms with van der Waals surface area (Å²) < 4.78 is 6.07. The molecule has 2 aromatic heterocycles. The van der Waals surface area contributed by atoms with Gasteiger partial charge in [-0.25, -0.2) is 0 Å². The Balaban J connectivity index is 2.33. The number of thiophene rings is 1. The van der Waals surface area contributed by atoms with Crippen LogP contribution in [0.25, 0.3) is 0 Å². The van der Waals surface area contributed by atoms with Gasteiger partial charge >= 0.3 is 0 Å². The molecule has 0 fully saturated rings. The van der Waals surface area contributed by atoms with Gasteiger partial charge in [-0.1, -0.05) is 11.6 Å². The third-order valence-corrected chi connectivity index (χ3v) is 3.83. The topological polar surface area (TPSA) is 13.1 Å². The van der Waals surface area contributed by atoms with Gasteiger partial charge in [-0.05, 0) is 30.7 Å². The van der Waals surface area contributed by atoms with Crippen LogP contribution < -0.4 is 0 Å². The van der Waals surface area contributed by atoms with Crippen LogP contribution >= 0.6 is 34.5 Å². The van der Waals surface area contributed by atoms with E-state index in [1.807, 2.05) is 25.1 Å². The van der Waals surface area contributed by atoms with E-state index in [1.54, 1.807) is 6.26 Å². The molecule has 0 N–H and O–H groups in total. The maximum Gasteiger partial charge on any atom is 0.129 e. The number of hydrogen-bond donors (Lipinski definition) is 0. The molecule has 0 aliphatic rings. The Kier molecular flexibility index (Phi) is 2.86. The van der Waals surface area contributed by atoms with E-state index in [-0.39, 0.29) is 5.38 Å².